The summed E-state index contributed by atoms with van der Waals surface area (Å²) < 4.78 is 4.96. The number of halogens is 1. The van der Waals surface area contributed by atoms with Crippen molar-refractivity contribution in [3.05, 3.63) is 22.4 Å². The Kier molecular flexibility index (Phi) is 12.1. The third-order valence-corrected chi connectivity index (χ3v) is 6.05. The number of thiophene rings is 1. The molecule has 166 valence electrons. The Morgan fingerprint density at radius 3 is 2.59 bits per heavy atom. The van der Waals surface area contributed by atoms with Crippen LogP contribution in [0.1, 0.15) is 25.6 Å². The molecule has 1 aliphatic rings. The number of rotatable bonds is 9. The second kappa shape index (κ2) is 13.4. The second-order valence-electron chi connectivity index (χ2n) is 7.64. The summed E-state index contributed by atoms with van der Waals surface area (Å²) in [5.74, 6) is 1.03. The molecule has 1 aromatic heterocycles. The summed E-state index contributed by atoms with van der Waals surface area (Å²) >= 11 is 1.79. The van der Waals surface area contributed by atoms with Gasteiger partial charge in [-0.15, -0.1) is 35.3 Å². The van der Waals surface area contributed by atoms with Crippen LogP contribution in [0, 0.1) is 0 Å². The molecule has 2 N–H and O–H groups in total. The SMILES string of the molecule is CCNC(=NCC(C)(C)c1cccs1)N1CCN(CC(=O)NCCOC)CC1.I. The van der Waals surface area contributed by atoms with Crippen molar-refractivity contribution in [1.29, 1.82) is 0 Å². The third-order valence-electron chi connectivity index (χ3n) is 4.81. The molecule has 1 amide bonds. The maximum absolute atomic E-state index is 12.0. The number of ether oxygens (including phenoxy) is 1. The number of carbonyl (C=O) groups excluding carboxylic acids is 1. The molecule has 29 heavy (non-hydrogen) atoms. The van der Waals surface area contributed by atoms with E-state index in [1.54, 1.807) is 18.4 Å². The Hall–Kier alpha value is -0.910. The first-order valence-electron chi connectivity index (χ1n) is 10.0. The van der Waals surface area contributed by atoms with Crippen LogP contribution >= 0.6 is 35.3 Å². The summed E-state index contributed by atoms with van der Waals surface area (Å²) in [5.41, 5.74) is 0.0248. The molecule has 7 nitrogen and oxygen atoms in total. The zero-order valence-electron chi connectivity index (χ0n) is 18.1. The van der Waals surface area contributed by atoms with Gasteiger partial charge in [0.2, 0.25) is 5.91 Å². The van der Waals surface area contributed by atoms with E-state index < -0.39 is 0 Å². The average molecular weight is 538 g/mol. The van der Waals surface area contributed by atoms with Crippen LogP contribution in [0.3, 0.4) is 0 Å². The summed E-state index contributed by atoms with van der Waals surface area (Å²) in [6.45, 7) is 13.2. The number of nitrogens with zero attached hydrogens (tertiary/aromatic N) is 3. The molecule has 0 radical (unpaired) electrons. The molecule has 1 aliphatic heterocycles. The lowest BCUT2D eigenvalue weighted by molar-refractivity contribution is -0.122. The van der Waals surface area contributed by atoms with E-state index >= 15 is 0 Å². The summed E-state index contributed by atoms with van der Waals surface area (Å²) in [6.07, 6.45) is 0. The van der Waals surface area contributed by atoms with Gasteiger partial charge in [0, 0.05) is 56.7 Å². The number of nitrogens with one attached hydrogen (secondary N) is 2. The molecule has 2 heterocycles. The lowest BCUT2D eigenvalue weighted by Crippen LogP contribution is -2.54. The van der Waals surface area contributed by atoms with E-state index in [9.17, 15) is 4.79 Å². The summed E-state index contributed by atoms with van der Waals surface area (Å²) in [7, 11) is 1.64. The molecule has 0 saturated carbocycles. The fourth-order valence-electron chi connectivity index (χ4n) is 3.11. The molecule has 0 aliphatic carbocycles. The van der Waals surface area contributed by atoms with Crippen LogP contribution in [0.2, 0.25) is 0 Å². The minimum absolute atomic E-state index is 0. The van der Waals surface area contributed by atoms with Crippen molar-refractivity contribution < 1.29 is 9.53 Å². The largest absolute Gasteiger partial charge is 0.383 e. The van der Waals surface area contributed by atoms with Gasteiger partial charge in [0.1, 0.15) is 0 Å². The maximum Gasteiger partial charge on any atom is 0.234 e. The van der Waals surface area contributed by atoms with Crippen LogP contribution in [-0.2, 0) is 14.9 Å². The summed E-state index contributed by atoms with van der Waals surface area (Å²) in [6, 6.07) is 4.28. The number of guanidine groups is 1. The Morgan fingerprint density at radius 2 is 2.00 bits per heavy atom. The van der Waals surface area contributed by atoms with Crippen LogP contribution in [0.25, 0.3) is 0 Å². The van der Waals surface area contributed by atoms with Gasteiger partial charge in [0.05, 0.1) is 19.7 Å². The number of amides is 1. The van der Waals surface area contributed by atoms with Crippen LogP contribution in [0.15, 0.2) is 22.5 Å². The van der Waals surface area contributed by atoms with Crippen molar-refractivity contribution in [2.45, 2.75) is 26.2 Å². The standard InChI is InChI=1S/C20H35N5O2S.HI/c1-5-21-19(23-16-20(2,3)17-7-6-14-28-17)25-11-9-24(10-12-25)15-18(26)22-8-13-27-4;/h6-7,14H,5,8-13,15-16H2,1-4H3,(H,21,23)(H,22,26);1H. The fraction of sp³-hybridized carbons (Fsp3) is 0.700. The molecule has 1 saturated heterocycles. The smallest absolute Gasteiger partial charge is 0.234 e. The van der Waals surface area contributed by atoms with E-state index in [1.165, 1.54) is 4.88 Å². The minimum Gasteiger partial charge on any atom is -0.383 e. The normalized spacial score (nSPS) is 15.7. The number of carbonyl (C=O) groups is 1. The summed E-state index contributed by atoms with van der Waals surface area (Å²) in [4.78, 5) is 22.7. The Labute approximate surface area is 196 Å². The summed E-state index contributed by atoms with van der Waals surface area (Å²) in [5, 5.41) is 8.43. The van der Waals surface area contributed by atoms with Crippen molar-refractivity contribution in [3.8, 4) is 0 Å². The monoisotopic (exact) mass is 537 g/mol. The predicted octanol–water partition coefficient (Wildman–Crippen LogP) is 1.99. The molecule has 0 spiro atoms. The van der Waals surface area contributed by atoms with Gasteiger partial charge < -0.3 is 20.3 Å². The van der Waals surface area contributed by atoms with Crippen LogP contribution in [0.4, 0.5) is 0 Å². The molecule has 0 unspecified atom stereocenters. The quantitative estimate of drug-likeness (QED) is 0.218. The Morgan fingerprint density at radius 1 is 1.28 bits per heavy atom. The van der Waals surface area contributed by atoms with E-state index in [4.69, 9.17) is 9.73 Å². The Balaban J connectivity index is 0.00000420. The van der Waals surface area contributed by atoms with Crippen molar-refractivity contribution in [2.24, 2.45) is 4.99 Å². The van der Waals surface area contributed by atoms with Crippen molar-refractivity contribution in [1.82, 2.24) is 20.4 Å². The molecule has 0 aromatic carbocycles. The van der Waals surface area contributed by atoms with Gasteiger partial charge in [0.15, 0.2) is 5.96 Å². The fourth-order valence-corrected chi connectivity index (χ4v) is 3.95. The van der Waals surface area contributed by atoms with Crippen molar-refractivity contribution >= 4 is 47.2 Å². The lowest BCUT2D eigenvalue weighted by atomic mass is 9.92. The second-order valence-corrected chi connectivity index (χ2v) is 8.58. The van der Waals surface area contributed by atoms with E-state index in [0.29, 0.717) is 19.7 Å². The molecule has 1 fully saturated rings. The van der Waals surface area contributed by atoms with E-state index in [0.717, 1.165) is 45.2 Å². The number of hydrogen-bond acceptors (Lipinski definition) is 5. The molecular formula is C20H36IN5O2S. The van der Waals surface area contributed by atoms with Crippen LogP contribution in [0.5, 0.6) is 0 Å². The molecule has 0 bridgehead atoms. The van der Waals surface area contributed by atoms with E-state index in [-0.39, 0.29) is 35.3 Å². The minimum atomic E-state index is 0. The zero-order valence-corrected chi connectivity index (χ0v) is 21.2. The number of aliphatic imine (C=N–C) groups is 1. The zero-order chi connectivity index (χ0) is 20.4. The van der Waals surface area contributed by atoms with Crippen LogP contribution in [-0.4, -0.2) is 87.7 Å². The van der Waals surface area contributed by atoms with E-state index in [1.807, 2.05) is 0 Å². The highest BCUT2D eigenvalue weighted by atomic mass is 127. The number of hydrogen-bond donors (Lipinski definition) is 2. The van der Waals surface area contributed by atoms with Gasteiger partial charge in [0.25, 0.3) is 0 Å². The number of piperazine rings is 1. The first kappa shape index (κ1) is 26.1. The maximum atomic E-state index is 12.0. The third kappa shape index (κ3) is 8.77. The van der Waals surface area contributed by atoms with E-state index in [2.05, 4.69) is 58.7 Å². The molecule has 2 rings (SSSR count). The molecule has 1 aromatic rings. The first-order valence-corrected chi connectivity index (χ1v) is 10.9. The highest BCUT2D eigenvalue weighted by molar-refractivity contribution is 14.0. The van der Waals surface area contributed by atoms with Crippen LogP contribution < -0.4 is 10.6 Å². The lowest BCUT2D eigenvalue weighted by Gasteiger charge is -2.36. The predicted molar refractivity (Wildman–Crippen MR) is 132 cm³/mol. The van der Waals surface area contributed by atoms with Gasteiger partial charge in [-0.25, -0.2) is 0 Å². The molecule has 9 heteroatoms. The highest BCUT2D eigenvalue weighted by Crippen LogP contribution is 2.27. The van der Waals surface area contributed by atoms with Gasteiger partial charge >= 0.3 is 0 Å². The van der Waals surface area contributed by atoms with Crippen molar-refractivity contribution in [3.63, 3.8) is 0 Å². The number of methoxy groups -OCH3 is 1. The molecule has 0 atom stereocenters. The Bertz CT molecular complexity index is 616. The van der Waals surface area contributed by atoms with Gasteiger partial charge in [-0.05, 0) is 18.4 Å². The topological polar surface area (TPSA) is 69.2 Å². The first-order chi connectivity index (χ1) is 13.5. The van der Waals surface area contributed by atoms with Crippen molar-refractivity contribution in [2.75, 3.05) is 66.1 Å². The van der Waals surface area contributed by atoms with Gasteiger partial charge in [-0.3, -0.25) is 14.7 Å². The molecular weight excluding hydrogens is 501 g/mol. The van der Waals surface area contributed by atoms with Gasteiger partial charge in [-0.2, -0.15) is 0 Å². The average Bonchev–Trinajstić information content (AvgIpc) is 3.22. The highest BCUT2D eigenvalue weighted by Gasteiger charge is 2.24. The van der Waals surface area contributed by atoms with Gasteiger partial charge in [-0.1, -0.05) is 19.9 Å².